The van der Waals surface area contributed by atoms with E-state index in [9.17, 15) is 19.1 Å². The van der Waals surface area contributed by atoms with Gasteiger partial charge in [0.05, 0.1) is 12.5 Å². The normalized spacial score (nSPS) is 16.1. The van der Waals surface area contributed by atoms with Gasteiger partial charge in [-0.3, -0.25) is 9.59 Å². The van der Waals surface area contributed by atoms with Crippen LogP contribution in [0.4, 0.5) is 10.1 Å². The zero-order valence-electron chi connectivity index (χ0n) is 13.6. The molecule has 0 aromatic heterocycles. The molecule has 5 nitrogen and oxygen atoms in total. The van der Waals surface area contributed by atoms with Gasteiger partial charge in [-0.1, -0.05) is 36.4 Å². The number of nitrogens with zero attached hydrogens (tertiary/aromatic N) is 1. The van der Waals surface area contributed by atoms with Crippen molar-refractivity contribution in [1.82, 2.24) is 4.90 Å². The number of hydrogen-bond donors (Lipinski definition) is 2. The Morgan fingerprint density at radius 3 is 2.72 bits per heavy atom. The number of rotatable bonds is 5. The lowest BCUT2D eigenvalue weighted by Crippen LogP contribution is -2.39. The van der Waals surface area contributed by atoms with E-state index in [1.54, 1.807) is 0 Å². The third kappa shape index (κ3) is 3.85. The van der Waals surface area contributed by atoms with Gasteiger partial charge in [-0.05, 0) is 23.3 Å². The summed E-state index contributed by atoms with van der Waals surface area (Å²) in [6.07, 6.45) is 0.00812. The number of hydrogen-bond acceptors (Lipinski definition) is 3. The molecule has 1 aliphatic rings. The Labute approximate surface area is 145 Å². The van der Waals surface area contributed by atoms with Crippen LogP contribution >= 0.6 is 0 Å². The van der Waals surface area contributed by atoms with Gasteiger partial charge in [0.1, 0.15) is 5.82 Å². The minimum absolute atomic E-state index is 0.00812. The molecule has 3 rings (SSSR count). The quantitative estimate of drug-likeness (QED) is 0.876. The standard InChI is InChI=1S/C19H19FN2O3/c20-14-6-7-15-16(11-18(24)21-17(15)10-14)19(25)22(8-9-23)12-13-4-2-1-3-5-13/h1-7,10,16,23H,8-9,11-12H2,(H,21,24). The molecule has 0 spiro atoms. The lowest BCUT2D eigenvalue weighted by molar-refractivity contribution is -0.136. The number of aliphatic hydroxyl groups excluding tert-OH is 1. The van der Waals surface area contributed by atoms with Crippen LogP contribution in [0.5, 0.6) is 0 Å². The smallest absolute Gasteiger partial charge is 0.231 e. The number of benzene rings is 2. The van der Waals surface area contributed by atoms with E-state index in [1.807, 2.05) is 30.3 Å². The summed E-state index contributed by atoms with van der Waals surface area (Å²) in [6.45, 7) is 0.338. The van der Waals surface area contributed by atoms with Gasteiger partial charge in [0.25, 0.3) is 0 Å². The van der Waals surface area contributed by atoms with Gasteiger partial charge in [0.15, 0.2) is 0 Å². The minimum Gasteiger partial charge on any atom is -0.395 e. The number of halogens is 1. The third-order valence-corrected chi connectivity index (χ3v) is 4.25. The molecule has 2 N–H and O–H groups in total. The molecule has 0 aliphatic carbocycles. The fourth-order valence-corrected chi connectivity index (χ4v) is 3.07. The molecule has 2 aromatic rings. The summed E-state index contributed by atoms with van der Waals surface area (Å²) in [5, 5.41) is 11.9. The number of amides is 2. The number of carbonyl (C=O) groups is 2. The Morgan fingerprint density at radius 1 is 1.24 bits per heavy atom. The average molecular weight is 342 g/mol. The molecule has 1 heterocycles. The highest BCUT2D eigenvalue weighted by molar-refractivity contribution is 6.01. The van der Waals surface area contributed by atoms with Gasteiger partial charge in [-0.25, -0.2) is 4.39 Å². The lowest BCUT2D eigenvalue weighted by atomic mass is 9.89. The van der Waals surface area contributed by atoms with Gasteiger partial charge in [-0.15, -0.1) is 0 Å². The fourth-order valence-electron chi connectivity index (χ4n) is 3.07. The van der Waals surface area contributed by atoms with Crippen molar-refractivity contribution in [3.05, 3.63) is 65.5 Å². The summed E-state index contributed by atoms with van der Waals surface area (Å²) >= 11 is 0. The van der Waals surface area contributed by atoms with Crippen molar-refractivity contribution < 1.29 is 19.1 Å². The van der Waals surface area contributed by atoms with E-state index in [0.29, 0.717) is 17.8 Å². The lowest BCUT2D eigenvalue weighted by Gasteiger charge is -2.30. The number of nitrogens with one attached hydrogen (secondary N) is 1. The predicted molar refractivity (Wildman–Crippen MR) is 91.3 cm³/mol. The minimum atomic E-state index is -0.681. The van der Waals surface area contributed by atoms with Gasteiger partial charge >= 0.3 is 0 Å². The van der Waals surface area contributed by atoms with Crippen LogP contribution in [-0.2, 0) is 16.1 Å². The number of aliphatic hydroxyl groups is 1. The second-order valence-corrected chi connectivity index (χ2v) is 6.01. The summed E-state index contributed by atoms with van der Waals surface area (Å²) in [5.41, 5.74) is 1.86. The van der Waals surface area contributed by atoms with Crippen LogP contribution in [0.15, 0.2) is 48.5 Å². The van der Waals surface area contributed by atoms with E-state index in [0.717, 1.165) is 5.56 Å². The SMILES string of the molecule is O=C1CC(C(=O)N(CCO)Cc2ccccc2)c2ccc(F)cc2N1. The summed E-state index contributed by atoms with van der Waals surface area (Å²) < 4.78 is 13.4. The molecule has 1 atom stereocenters. The van der Waals surface area contributed by atoms with Crippen molar-refractivity contribution in [3.63, 3.8) is 0 Å². The second kappa shape index (κ2) is 7.44. The predicted octanol–water partition coefficient (Wildman–Crippen LogP) is 2.27. The Kier molecular flexibility index (Phi) is 5.09. The first-order valence-electron chi connectivity index (χ1n) is 8.11. The number of fused-ring (bicyclic) bond motifs is 1. The highest BCUT2D eigenvalue weighted by Crippen LogP contribution is 2.34. The van der Waals surface area contributed by atoms with Crippen molar-refractivity contribution >= 4 is 17.5 Å². The molecule has 25 heavy (non-hydrogen) atoms. The molecule has 0 radical (unpaired) electrons. The summed E-state index contributed by atoms with van der Waals surface area (Å²) in [5.74, 6) is -1.72. The molecular formula is C19H19FN2O3. The molecule has 0 fully saturated rings. The highest BCUT2D eigenvalue weighted by atomic mass is 19.1. The van der Waals surface area contributed by atoms with E-state index in [2.05, 4.69) is 5.32 Å². The van der Waals surface area contributed by atoms with Crippen molar-refractivity contribution in [2.75, 3.05) is 18.5 Å². The highest BCUT2D eigenvalue weighted by Gasteiger charge is 2.33. The van der Waals surface area contributed by atoms with Crippen LogP contribution in [0, 0.1) is 5.82 Å². The van der Waals surface area contributed by atoms with Gasteiger partial charge < -0.3 is 15.3 Å². The van der Waals surface area contributed by atoms with Crippen molar-refractivity contribution in [1.29, 1.82) is 0 Å². The Hall–Kier alpha value is -2.73. The van der Waals surface area contributed by atoms with Gasteiger partial charge in [0, 0.05) is 25.2 Å². The van der Waals surface area contributed by atoms with E-state index in [1.165, 1.54) is 23.1 Å². The van der Waals surface area contributed by atoms with E-state index >= 15 is 0 Å². The van der Waals surface area contributed by atoms with Gasteiger partial charge in [0.2, 0.25) is 11.8 Å². The topological polar surface area (TPSA) is 69.6 Å². The summed E-state index contributed by atoms with van der Waals surface area (Å²) in [7, 11) is 0. The zero-order chi connectivity index (χ0) is 17.8. The molecule has 0 saturated heterocycles. The molecule has 0 bridgehead atoms. The van der Waals surface area contributed by atoms with Crippen molar-refractivity contribution in [3.8, 4) is 0 Å². The van der Waals surface area contributed by atoms with Crippen LogP contribution in [-0.4, -0.2) is 35.0 Å². The Morgan fingerprint density at radius 2 is 2.00 bits per heavy atom. The first-order valence-corrected chi connectivity index (χ1v) is 8.11. The first-order chi connectivity index (χ1) is 12.1. The van der Waals surface area contributed by atoms with Crippen LogP contribution in [0.3, 0.4) is 0 Å². The Balaban J connectivity index is 1.88. The summed E-state index contributed by atoms with van der Waals surface area (Å²) in [4.78, 5) is 26.5. The van der Waals surface area contributed by atoms with Crippen LogP contribution < -0.4 is 5.32 Å². The molecule has 130 valence electrons. The van der Waals surface area contributed by atoms with Crippen molar-refractivity contribution in [2.24, 2.45) is 0 Å². The van der Waals surface area contributed by atoms with E-state index in [4.69, 9.17) is 0 Å². The first kappa shape index (κ1) is 17.1. The zero-order valence-corrected chi connectivity index (χ0v) is 13.6. The average Bonchev–Trinajstić information content (AvgIpc) is 2.60. The largest absolute Gasteiger partial charge is 0.395 e. The second-order valence-electron chi connectivity index (χ2n) is 6.01. The maximum absolute atomic E-state index is 13.4. The third-order valence-electron chi connectivity index (χ3n) is 4.25. The maximum atomic E-state index is 13.4. The van der Waals surface area contributed by atoms with Crippen molar-refractivity contribution in [2.45, 2.75) is 18.9 Å². The van der Waals surface area contributed by atoms with E-state index < -0.39 is 11.7 Å². The molecule has 1 unspecified atom stereocenters. The molecule has 2 aromatic carbocycles. The fraction of sp³-hybridized carbons (Fsp3) is 0.263. The molecule has 6 heteroatoms. The van der Waals surface area contributed by atoms with Crippen LogP contribution in [0.1, 0.15) is 23.5 Å². The number of anilines is 1. The summed E-state index contributed by atoms with van der Waals surface area (Å²) in [6, 6.07) is 13.5. The van der Waals surface area contributed by atoms with Crippen LogP contribution in [0.2, 0.25) is 0 Å². The maximum Gasteiger partial charge on any atom is 0.231 e. The molecule has 2 amide bonds. The van der Waals surface area contributed by atoms with Gasteiger partial charge in [-0.2, -0.15) is 0 Å². The van der Waals surface area contributed by atoms with E-state index in [-0.39, 0.29) is 31.4 Å². The monoisotopic (exact) mass is 342 g/mol. The molecule has 0 saturated carbocycles. The number of carbonyl (C=O) groups excluding carboxylic acids is 2. The Bertz CT molecular complexity index is 779. The molecular weight excluding hydrogens is 323 g/mol. The van der Waals surface area contributed by atoms with Crippen LogP contribution in [0.25, 0.3) is 0 Å². The molecule has 1 aliphatic heterocycles.